The second-order valence-electron chi connectivity index (χ2n) is 8.93. The van der Waals surface area contributed by atoms with Crippen LogP contribution in [0.3, 0.4) is 0 Å². The minimum atomic E-state index is -0.882. The molecule has 0 radical (unpaired) electrons. The molecule has 1 aromatic heterocycles. The first-order chi connectivity index (χ1) is 17.0. The Hall–Kier alpha value is -4.14. The molecular formula is C26H25N3O6. The number of aliphatic carboxylic acids is 1. The smallest absolute Gasteiger partial charge is 0.414 e. The first-order valence-corrected chi connectivity index (χ1v) is 11.6. The van der Waals surface area contributed by atoms with Crippen molar-refractivity contribution in [2.24, 2.45) is 11.8 Å². The number of anilines is 1. The van der Waals surface area contributed by atoms with E-state index < -0.39 is 18.0 Å². The summed E-state index contributed by atoms with van der Waals surface area (Å²) in [7, 11) is 0. The van der Waals surface area contributed by atoms with Gasteiger partial charge in [-0.2, -0.15) is 0 Å². The number of rotatable bonds is 9. The minimum Gasteiger partial charge on any atom is -0.481 e. The third kappa shape index (κ3) is 5.03. The van der Waals surface area contributed by atoms with Crippen LogP contribution in [0.2, 0.25) is 0 Å². The molecule has 0 aliphatic heterocycles. The second kappa shape index (κ2) is 9.61. The van der Waals surface area contributed by atoms with Gasteiger partial charge in [-0.05, 0) is 46.9 Å². The monoisotopic (exact) mass is 475 g/mol. The van der Waals surface area contributed by atoms with Crippen LogP contribution in [0.4, 0.5) is 10.7 Å². The average Bonchev–Trinajstić information content (AvgIpc) is 3.51. The van der Waals surface area contributed by atoms with Crippen LogP contribution < -0.4 is 10.6 Å². The quantitative estimate of drug-likeness (QED) is 0.421. The van der Waals surface area contributed by atoms with E-state index in [2.05, 4.69) is 27.9 Å². The number of carboxylic acid groups (broad SMARTS) is 1. The van der Waals surface area contributed by atoms with E-state index in [0.29, 0.717) is 5.92 Å². The third-order valence-electron chi connectivity index (χ3n) is 6.56. The number of hydrogen-bond acceptors (Lipinski definition) is 6. The highest BCUT2D eigenvalue weighted by Gasteiger charge is 2.33. The van der Waals surface area contributed by atoms with Gasteiger partial charge < -0.3 is 19.7 Å². The van der Waals surface area contributed by atoms with Crippen LogP contribution in [0.25, 0.3) is 11.1 Å². The number of carbonyl (C=O) groups excluding carboxylic acids is 2. The highest BCUT2D eigenvalue weighted by molar-refractivity contribution is 5.93. The first-order valence-electron chi connectivity index (χ1n) is 11.6. The fourth-order valence-electron chi connectivity index (χ4n) is 4.69. The molecule has 1 heterocycles. The SMILES string of the molecule is O=C(O)CC(CNC(=O)c1cc(NC(=O)OCC2c3ccccc3-c3ccccc32)on1)C1CC1. The molecule has 3 N–H and O–H groups in total. The molecule has 2 aliphatic carbocycles. The zero-order valence-corrected chi connectivity index (χ0v) is 18.9. The molecule has 5 rings (SSSR count). The van der Waals surface area contributed by atoms with E-state index in [1.165, 1.54) is 6.07 Å². The summed E-state index contributed by atoms with van der Waals surface area (Å²) in [5.41, 5.74) is 4.47. The molecule has 2 amide bonds. The van der Waals surface area contributed by atoms with Gasteiger partial charge in [0.2, 0.25) is 5.88 Å². The zero-order chi connectivity index (χ0) is 24.4. The predicted octanol–water partition coefficient (Wildman–Crippen LogP) is 4.27. The maximum Gasteiger partial charge on any atom is 0.414 e. The van der Waals surface area contributed by atoms with E-state index in [9.17, 15) is 14.4 Å². The summed E-state index contributed by atoms with van der Waals surface area (Å²) >= 11 is 0. The Bertz CT molecular complexity index is 1220. The highest BCUT2D eigenvalue weighted by atomic mass is 16.6. The van der Waals surface area contributed by atoms with Crippen LogP contribution in [-0.2, 0) is 9.53 Å². The Morgan fingerprint density at radius 2 is 1.71 bits per heavy atom. The van der Waals surface area contributed by atoms with Gasteiger partial charge in [0.1, 0.15) is 6.61 Å². The number of nitrogens with zero attached hydrogens (tertiary/aromatic N) is 1. The lowest BCUT2D eigenvalue weighted by atomic mass is 9.98. The number of carboxylic acids is 1. The Balaban J connectivity index is 1.15. The maximum atomic E-state index is 12.4. The summed E-state index contributed by atoms with van der Waals surface area (Å²) in [4.78, 5) is 35.8. The van der Waals surface area contributed by atoms with E-state index in [4.69, 9.17) is 14.4 Å². The van der Waals surface area contributed by atoms with E-state index in [-0.39, 0.29) is 43.0 Å². The van der Waals surface area contributed by atoms with Gasteiger partial charge in [-0.25, -0.2) is 4.79 Å². The number of carbonyl (C=O) groups is 3. The van der Waals surface area contributed by atoms with Crippen LogP contribution in [-0.4, -0.2) is 41.4 Å². The molecule has 35 heavy (non-hydrogen) atoms. The number of aromatic nitrogens is 1. The van der Waals surface area contributed by atoms with Crippen molar-refractivity contribution in [2.75, 3.05) is 18.5 Å². The third-order valence-corrected chi connectivity index (χ3v) is 6.56. The van der Waals surface area contributed by atoms with Gasteiger partial charge in [-0.1, -0.05) is 53.7 Å². The van der Waals surface area contributed by atoms with Crippen LogP contribution in [0.15, 0.2) is 59.1 Å². The molecule has 9 heteroatoms. The number of ether oxygens (including phenoxy) is 1. The maximum absolute atomic E-state index is 12.4. The van der Waals surface area contributed by atoms with Crippen LogP contribution in [0, 0.1) is 11.8 Å². The van der Waals surface area contributed by atoms with Crippen molar-refractivity contribution >= 4 is 23.9 Å². The van der Waals surface area contributed by atoms with Crippen LogP contribution in [0.5, 0.6) is 0 Å². The summed E-state index contributed by atoms with van der Waals surface area (Å²) in [6.07, 6.45) is 1.25. The molecule has 2 aliphatic rings. The number of fused-ring (bicyclic) bond motifs is 3. The van der Waals surface area contributed by atoms with E-state index >= 15 is 0 Å². The zero-order valence-electron chi connectivity index (χ0n) is 18.9. The lowest BCUT2D eigenvalue weighted by molar-refractivity contribution is -0.138. The predicted molar refractivity (Wildman–Crippen MR) is 126 cm³/mol. The lowest BCUT2D eigenvalue weighted by Gasteiger charge is -2.14. The minimum absolute atomic E-state index is 0.0104. The molecule has 1 unspecified atom stereocenters. The van der Waals surface area contributed by atoms with Gasteiger partial charge in [0, 0.05) is 18.5 Å². The Kier molecular flexibility index (Phi) is 6.22. The molecule has 0 saturated heterocycles. The van der Waals surface area contributed by atoms with Crippen molar-refractivity contribution in [3.8, 4) is 11.1 Å². The van der Waals surface area contributed by atoms with Crippen molar-refractivity contribution in [1.82, 2.24) is 10.5 Å². The van der Waals surface area contributed by atoms with E-state index in [1.807, 2.05) is 36.4 Å². The molecule has 9 nitrogen and oxygen atoms in total. The molecular weight excluding hydrogens is 450 g/mol. The second-order valence-corrected chi connectivity index (χ2v) is 8.93. The molecule has 0 bridgehead atoms. The van der Waals surface area contributed by atoms with Crippen LogP contribution in [0.1, 0.15) is 46.8 Å². The van der Waals surface area contributed by atoms with Gasteiger partial charge in [0.25, 0.3) is 5.91 Å². The van der Waals surface area contributed by atoms with Gasteiger partial charge in [0.15, 0.2) is 5.69 Å². The topological polar surface area (TPSA) is 131 Å². The van der Waals surface area contributed by atoms with Crippen molar-refractivity contribution in [3.05, 3.63) is 71.4 Å². The lowest BCUT2D eigenvalue weighted by Crippen LogP contribution is -2.31. The number of hydrogen-bond donors (Lipinski definition) is 3. The molecule has 1 fully saturated rings. The number of nitrogens with one attached hydrogen (secondary N) is 2. The largest absolute Gasteiger partial charge is 0.481 e. The molecule has 2 aromatic carbocycles. The van der Waals surface area contributed by atoms with Gasteiger partial charge in [-0.3, -0.25) is 14.9 Å². The van der Waals surface area contributed by atoms with Gasteiger partial charge in [-0.15, -0.1) is 0 Å². The van der Waals surface area contributed by atoms with Gasteiger partial charge in [0.05, 0.1) is 6.42 Å². The van der Waals surface area contributed by atoms with Crippen molar-refractivity contribution in [3.63, 3.8) is 0 Å². The van der Waals surface area contributed by atoms with Crippen molar-refractivity contribution < 1.29 is 28.8 Å². The highest BCUT2D eigenvalue weighted by Crippen LogP contribution is 2.44. The number of benzene rings is 2. The van der Waals surface area contributed by atoms with E-state index in [0.717, 1.165) is 35.1 Å². The first kappa shape index (κ1) is 22.6. The Labute approximate surface area is 201 Å². The molecule has 180 valence electrons. The summed E-state index contributed by atoms with van der Waals surface area (Å²) in [6.45, 7) is 0.394. The van der Waals surface area contributed by atoms with Crippen molar-refractivity contribution in [2.45, 2.75) is 25.2 Å². The van der Waals surface area contributed by atoms with Crippen LogP contribution >= 0.6 is 0 Å². The van der Waals surface area contributed by atoms with Crippen molar-refractivity contribution in [1.29, 1.82) is 0 Å². The summed E-state index contributed by atoms with van der Waals surface area (Å²) in [5, 5.41) is 17.9. The fourth-order valence-corrected chi connectivity index (χ4v) is 4.69. The molecule has 1 saturated carbocycles. The van der Waals surface area contributed by atoms with E-state index in [1.54, 1.807) is 0 Å². The number of amides is 2. The Morgan fingerprint density at radius 3 is 2.34 bits per heavy atom. The summed E-state index contributed by atoms with van der Waals surface area (Å²) in [5.74, 6) is -1.25. The Morgan fingerprint density at radius 1 is 1.06 bits per heavy atom. The average molecular weight is 476 g/mol. The molecule has 1 atom stereocenters. The summed E-state index contributed by atoms with van der Waals surface area (Å²) < 4.78 is 10.5. The van der Waals surface area contributed by atoms with Gasteiger partial charge >= 0.3 is 12.1 Å². The fraction of sp³-hybridized carbons (Fsp3) is 0.308. The normalized spacial score (nSPS) is 15.1. The standard InChI is InChI=1S/C26H25N3O6/c30-24(31)11-16(15-9-10-15)13-27-25(32)22-12-23(35-29-22)28-26(33)34-14-21-19-7-3-1-5-17(19)18-6-2-4-8-20(18)21/h1-8,12,15-16,21H,9-11,13-14H2,(H,27,32)(H,28,33)(H,30,31). The molecule has 3 aromatic rings. The molecule has 0 spiro atoms. The summed E-state index contributed by atoms with van der Waals surface area (Å²) in [6, 6.07) is 17.4.